The van der Waals surface area contributed by atoms with Gasteiger partial charge in [0, 0.05) is 51.2 Å². The molecule has 1 unspecified atom stereocenters. The van der Waals surface area contributed by atoms with E-state index in [9.17, 15) is 4.79 Å². The first-order chi connectivity index (χ1) is 15.7. The molecule has 2 aliphatic rings. The van der Waals surface area contributed by atoms with E-state index in [1.165, 1.54) is 5.56 Å². The molecular formula is C24H30N6O2. The summed E-state index contributed by atoms with van der Waals surface area (Å²) in [5.74, 6) is 0.973. The highest BCUT2D eigenvalue weighted by Crippen LogP contribution is 2.22. The Morgan fingerprint density at radius 3 is 2.84 bits per heavy atom. The van der Waals surface area contributed by atoms with Crippen molar-refractivity contribution in [2.24, 2.45) is 0 Å². The molecule has 2 fully saturated rings. The number of imidazole rings is 1. The van der Waals surface area contributed by atoms with Gasteiger partial charge in [-0.2, -0.15) is 0 Å². The van der Waals surface area contributed by atoms with Crippen molar-refractivity contribution in [1.82, 2.24) is 29.7 Å². The fourth-order valence-corrected chi connectivity index (χ4v) is 4.53. The van der Waals surface area contributed by atoms with E-state index in [2.05, 4.69) is 51.0 Å². The normalized spacial score (nSPS) is 19.5. The molecule has 8 heteroatoms. The van der Waals surface area contributed by atoms with Crippen LogP contribution in [-0.4, -0.2) is 75.8 Å². The van der Waals surface area contributed by atoms with Crippen LogP contribution in [-0.2, 0) is 11.3 Å². The van der Waals surface area contributed by atoms with Gasteiger partial charge >= 0.3 is 6.03 Å². The molecule has 8 nitrogen and oxygen atoms in total. The number of fused-ring (bicyclic) bond motifs is 1. The van der Waals surface area contributed by atoms with Gasteiger partial charge in [0.2, 0.25) is 0 Å². The van der Waals surface area contributed by atoms with Crippen LogP contribution in [0.2, 0.25) is 0 Å². The summed E-state index contributed by atoms with van der Waals surface area (Å²) in [6.45, 7) is 7.28. The number of hydrogen-bond donors (Lipinski definition) is 1. The lowest BCUT2D eigenvalue weighted by atomic mass is 10.2. The first-order valence-corrected chi connectivity index (χ1v) is 11.4. The maximum absolute atomic E-state index is 12.5. The number of amides is 2. The maximum Gasteiger partial charge on any atom is 0.317 e. The number of aromatic nitrogens is 3. The van der Waals surface area contributed by atoms with Crippen LogP contribution in [0, 0.1) is 6.92 Å². The molecule has 1 aromatic carbocycles. The first-order valence-electron chi connectivity index (χ1n) is 11.4. The third kappa shape index (κ3) is 4.47. The molecule has 0 aliphatic carbocycles. The zero-order valence-electron chi connectivity index (χ0n) is 18.5. The lowest BCUT2D eigenvalue weighted by molar-refractivity contribution is 0.103. The number of carbonyl (C=O) groups is 1. The van der Waals surface area contributed by atoms with Gasteiger partial charge in [0.15, 0.2) is 5.65 Å². The topological polar surface area (TPSA) is 75.5 Å². The van der Waals surface area contributed by atoms with Gasteiger partial charge in [0.05, 0.1) is 12.6 Å². The first kappa shape index (κ1) is 20.9. The van der Waals surface area contributed by atoms with Crippen LogP contribution >= 0.6 is 0 Å². The van der Waals surface area contributed by atoms with Gasteiger partial charge in [0.1, 0.15) is 11.3 Å². The second-order valence-corrected chi connectivity index (χ2v) is 8.63. The number of hydrogen-bond acceptors (Lipinski definition) is 5. The van der Waals surface area contributed by atoms with Crippen LogP contribution in [0.4, 0.5) is 4.79 Å². The standard InChI is InChI=1S/C24H30N6O2/c1-18-5-2-6-19(15-18)30-22(27-21-8-3-9-25-23(21)30)17-28-10-12-29(13-11-28)24(31)26-16-20-7-4-14-32-20/h2-3,5-6,8-9,15,20H,4,7,10-14,16-17H2,1H3,(H,26,31). The minimum absolute atomic E-state index is 0.0105. The Morgan fingerprint density at radius 2 is 2.06 bits per heavy atom. The molecule has 0 spiro atoms. The summed E-state index contributed by atoms with van der Waals surface area (Å²) in [7, 11) is 0. The molecule has 3 aromatic rings. The van der Waals surface area contributed by atoms with E-state index < -0.39 is 0 Å². The zero-order chi connectivity index (χ0) is 21.9. The highest BCUT2D eigenvalue weighted by atomic mass is 16.5. The van der Waals surface area contributed by atoms with Crippen molar-refractivity contribution in [2.75, 3.05) is 39.3 Å². The Bertz CT molecular complexity index is 1080. The van der Waals surface area contributed by atoms with E-state index in [4.69, 9.17) is 9.72 Å². The molecule has 1 N–H and O–H groups in total. The number of urea groups is 1. The summed E-state index contributed by atoms with van der Waals surface area (Å²) in [5.41, 5.74) is 4.05. The summed E-state index contributed by atoms with van der Waals surface area (Å²) < 4.78 is 7.75. The predicted molar refractivity (Wildman–Crippen MR) is 123 cm³/mol. The smallest absolute Gasteiger partial charge is 0.317 e. The lowest BCUT2D eigenvalue weighted by Gasteiger charge is -2.34. The SMILES string of the molecule is Cc1cccc(-n2c(CN3CCN(C(=O)NCC4CCCO4)CC3)nc3cccnc32)c1. The number of nitrogens with zero attached hydrogens (tertiary/aromatic N) is 5. The molecule has 32 heavy (non-hydrogen) atoms. The van der Waals surface area contributed by atoms with Crippen LogP contribution in [0.5, 0.6) is 0 Å². The second-order valence-electron chi connectivity index (χ2n) is 8.63. The molecule has 0 saturated carbocycles. The second kappa shape index (κ2) is 9.26. The number of piperazine rings is 1. The van der Waals surface area contributed by atoms with E-state index in [0.29, 0.717) is 19.6 Å². The van der Waals surface area contributed by atoms with Crippen LogP contribution < -0.4 is 5.32 Å². The highest BCUT2D eigenvalue weighted by Gasteiger charge is 2.24. The molecule has 5 rings (SSSR count). The molecule has 2 aliphatic heterocycles. The molecule has 0 radical (unpaired) electrons. The van der Waals surface area contributed by atoms with Gasteiger partial charge in [-0.1, -0.05) is 12.1 Å². The van der Waals surface area contributed by atoms with E-state index in [-0.39, 0.29) is 12.1 Å². The van der Waals surface area contributed by atoms with Crippen molar-refractivity contribution in [2.45, 2.75) is 32.4 Å². The minimum atomic E-state index is 0.0105. The number of aryl methyl sites for hydroxylation is 1. The van der Waals surface area contributed by atoms with Crippen molar-refractivity contribution in [3.63, 3.8) is 0 Å². The Labute approximate surface area is 188 Å². The van der Waals surface area contributed by atoms with E-state index in [0.717, 1.165) is 61.8 Å². The van der Waals surface area contributed by atoms with Gasteiger partial charge in [-0.3, -0.25) is 9.47 Å². The average molecular weight is 435 g/mol. The minimum Gasteiger partial charge on any atom is -0.376 e. The number of benzene rings is 1. The summed E-state index contributed by atoms with van der Waals surface area (Å²) in [4.78, 5) is 26.3. The van der Waals surface area contributed by atoms with Crippen molar-refractivity contribution in [3.05, 3.63) is 54.0 Å². The molecular weight excluding hydrogens is 404 g/mol. The molecule has 2 amide bonds. The van der Waals surface area contributed by atoms with Crippen molar-refractivity contribution >= 4 is 17.2 Å². The number of nitrogens with one attached hydrogen (secondary N) is 1. The van der Waals surface area contributed by atoms with E-state index >= 15 is 0 Å². The largest absolute Gasteiger partial charge is 0.376 e. The summed E-state index contributed by atoms with van der Waals surface area (Å²) in [5, 5.41) is 3.03. The van der Waals surface area contributed by atoms with Gasteiger partial charge in [-0.25, -0.2) is 14.8 Å². The quantitative estimate of drug-likeness (QED) is 0.668. The molecule has 1 atom stereocenters. The molecule has 2 aromatic heterocycles. The van der Waals surface area contributed by atoms with Crippen molar-refractivity contribution < 1.29 is 9.53 Å². The van der Waals surface area contributed by atoms with Crippen LogP contribution in [0.1, 0.15) is 24.2 Å². The van der Waals surface area contributed by atoms with Gasteiger partial charge in [-0.05, 0) is 49.6 Å². The molecule has 168 valence electrons. The fourth-order valence-electron chi connectivity index (χ4n) is 4.53. The number of rotatable bonds is 5. The number of carbonyl (C=O) groups excluding carboxylic acids is 1. The predicted octanol–water partition coefficient (Wildman–Crippen LogP) is 2.74. The van der Waals surface area contributed by atoms with Crippen LogP contribution in [0.3, 0.4) is 0 Å². The number of pyridine rings is 1. The maximum atomic E-state index is 12.5. The summed E-state index contributed by atoms with van der Waals surface area (Å²) in [6.07, 6.45) is 4.10. The van der Waals surface area contributed by atoms with E-state index in [1.807, 2.05) is 23.2 Å². The Kier molecular flexibility index (Phi) is 6.05. The third-order valence-electron chi connectivity index (χ3n) is 6.27. The van der Waals surface area contributed by atoms with Gasteiger partial charge in [-0.15, -0.1) is 0 Å². The summed E-state index contributed by atoms with van der Waals surface area (Å²) in [6, 6.07) is 12.4. The third-order valence-corrected chi connectivity index (χ3v) is 6.27. The summed E-state index contributed by atoms with van der Waals surface area (Å²) >= 11 is 0. The molecule has 4 heterocycles. The van der Waals surface area contributed by atoms with Crippen LogP contribution in [0.15, 0.2) is 42.6 Å². The van der Waals surface area contributed by atoms with Gasteiger partial charge < -0.3 is 15.0 Å². The van der Waals surface area contributed by atoms with Crippen molar-refractivity contribution in [3.8, 4) is 5.69 Å². The molecule has 2 saturated heterocycles. The monoisotopic (exact) mass is 434 g/mol. The zero-order valence-corrected chi connectivity index (χ0v) is 18.5. The average Bonchev–Trinajstić information content (AvgIpc) is 3.45. The van der Waals surface area contributed by atoms with Crippen molar-refractivity contribution in [1.29, 1.82) is 0 Å². The highest BCUT2D eigenvalue weighted by molar-refractivity contribution is 5.74. The van der Waals surface area contributed by atoms with E-state index in [1.54, 1.807) is 0 Å². The fraction of sp³-hybridized carbons (Fsp3) is 0.458. The van der Waals surface area contributed by atoms with Crippen LogP contribution in [0.25, 0.3) is 16.9 Å². The Morgan fingerprint density at radius 1 is 1.19 bits per heavy atom. The lowest BCUT2D eigenvalue weighted by Crippen LogP contribution is -2.52. The Hall–Kier alpha value is -2.97. The van der Waals surface area contributed by atoms with Gasteiger partial charge in [0.25, 0.3) is 0 Å². The Balaban J connectivity index is 1.26. The molecule has 0 bridgehead atoms. The number of ether oxygens (including phenoxy) is 1.